The van der Waals surface area contributed by atoms with Gasteiger partial charge in [0.1, 0.15) is 17.9 Å². The van der Waals surface area contributed by atoms with Crippen molar-refractivity contribution in [1.29, 1.82) is 0 Å². The minimum absolute atomic E-state index is 0. The van der Waals surface area contributed by atoms with Crippen molar-refractivity contribution in [3.63, 3.8) is 0 Å². The van der Waals surface area contributed by atoms with Crippen molar-refractivity contribution in [3.8, 4) is 16.9 Å². The van der Waals surface area contributed by atoms with E-state index in [2.05, 4.69) is 33.4 Å². The number of esters is 1. The van der Waals surface area contributed by atoms with Gasteiger partial charge in [-0.1, -0.05) is 36.4 Å². The molecule has 0 amide bonds. The van der Waals surface area contributed by atoms with Crippen molar-refractivity contribution in [3.05, 3.63) is 53.0 Å². The van der Waals surface area contributed by atoms with Crippen LogP contribution >= 0.6 is 28.3 Å². The van der Waals surface area contributed by atoms with Gasteiger partial charge in [-0.05, 0) is 39.2 Å². The van der Waals surface area contributed by atoms with Crippen LogP contribution in [-0.4, -0.2) is 31.8 Å². The Kier molecular flexibility index (Phi) is 6.66. The fourth-order valence-electron chi connectivity index (χ4n) is 2.70. The third-order valence-electron chi connectivity index (χ3n) is 3.91. The molecule has 1 fully saturated rings. The first-order chi connectivity index (χ1) is 11.2. The lowest BCUT2D eigenvalue weighted by Gasteiger charge is -2.15. The van der Waals surface area contributed by atoms with Gasteiger partial charge in [0, 0.05) is 13.0 Å². The molecule has 1 N–H and O–H groups in total. The van der Waals surface area contributed by atoms with Crippen molar-refractivity contribution in [1.82, 2.24) is 5.32 Å². The van der Waals surface area contributed by atoms with E-state index < -0.39 is 0 Å². The molecule has 128 valence electrons. The minimum Gasteiger partial charge on any atom is -0.488 e. The van der Waals surface area contributed by atoms with E-state index in [9.17, 15) is 4.79 Å². The number of carbonyl (C=O) groups is 1. The average molecular weight is 413 g/mol. The molecule has 0 saturated carbocycles. The van der Waals surface area contributed by atoms with Gasteiger partial charge in [0.05, 0.1) is 11.6 Å². The van der Waals surface area contributed by atoms with Gasteiger partial charge in [0.15, 0.2) is 0 Å². The third-order valence-corrected chi connectivity index (χ3v) is 4.53. The van der Waals surface area contributed by atoms with Crippen LogP contribution in [0.4, 0.5) is 0 Å². The van der Waals surface area contributed by atoms with E-state index in [4.69, 9.17) is 9.47 Å². The Morgan fingerprint density at radius 1 is 1.17 bits per heavy atom. The number of nitrogens with one attached hydrogen (secondary N) is 1. The first-order valence-corrected chi connectivity index (χ1v) is 8.29. The van der Waals surface area contributed by atoms with Crippen molar-refractivity contribution in [2.45, 2.75) is 18.6 Å². The lowest BCUT2D eigenvalue weighted by Crippen LogP contribution is -2.31. The number of hydrogen-bond donors (Lipinski definition) is 1. The molecule has 24 heavy (non-hydrogen) atoms. The number of carbonyl (C=O) groups excluding carboxylic acids is 1. The van der Waals surface area contributed by atoms with Crippen molar-refractivity contribution >= 4 is 34.3 Å². The molecule has 0 aromatic heterocycles. The minimum atomic E-state index is -0.285. The summed E-state index contributed by atoms with van der Waals surface area (Å²) in [5.74, 6) is 0.539. The Morgan fingerprint density at radius 2 is 1.92 bits per heavy atom. The quantitative estimate of drug-likeness (QED) is 0.776. The van der Waals surface area contributed by atoms with E-state index in [1.54, 1.807) is 0 Å². The molecule has 0 unspecified atom stereocenters. The second-order valence-electron chi connectivity index (χ2n) is 5.47. The molecule has 2 atom stereocenters. The van der Waals surface area contributed by atoms with Crippen LogP contribution in [0.25, 0.3) is 11.1 Å². The molecule has 3 rings (SSSR count). The van der Waals surface area contributed by atoms with Crippen LogP contribution in [0.15, 0.2) is 53.0 Å². The summed E-state index contributed by atoms with van der Waals surface area (Å²) in [7, 11) is 1.40. The highest BCUT2D eigenvalue weighted by Crippen LogP contribution is 2.32. The lowest BCUT2D eigenvalue weighted by atomic mass is 10.1. The molecule has 0 bridgehead atoms. The predicted molar refractivity (Wildman–Crippen MR) is 99.7 cm³/mol. The molecular weight excluding hydrogens is 394 g/mol. The number of benzene rings is 2. The van der Waals surface area contributed by atoms with Crippen molar-refractivity contribution in [2.24, 2.45) is 0 Å². The van der Waals surface area contributed by atoms with Crippen LogP contribution in [0.5, 0.6) is 5.75 Å². The molecule has 0 spiro atoms. The highest BCUT2D eigenvalue weighted by atomic mass is 79.9. The fourth-order valence-corrected chi connectivity index (χ4v) is 3.17. The zero-order valence-corrected chi connectivity index (χ0v) is 15.6. The smallest absolute Gasteiger partial charge is 0.323 e. The number of hydrogen-bond acceptors (Lipinski definition) is 4. The van der Waals surface area contributed by atoms with E-state index in [-0.39, 0.29) is 30.5 Å². The maximum Gasteiger partial charge on any atom is 0.323 e. The second kappa shape index (κ2) is 8.51. The summed E-state index contributed by atoms with van der Waals surface area (Å²) in [4.78, 5) is 11.5. The number of methoxy groups -OCH3 is 1. The van der Waals surface area contributed by atoms with Gasteiger partial charge in [-0.2, -0.15) is 0 Å². The van der Waals surface area contributed by atoms with Gasteiger partial charge in [-0.15, -0.1) is 12.4 Å². The van der Waals surface area contributed by atoms with Gasteiger partial charge in [0.2, 0.25) is 0 Å². The number of ether oxygens (including phenoxy) is 2. The first kappa shape index (κ1) is 18.8. The Morgan fingerprint density at radius 3 is 2.58 bits per heavy atom. The second-order valence-corrected chi connectivity index (χ2v) is 6.33. The summed E-state index contributed by atoms with van der Waals surface area (Å²) in [6.07, 6.45) is 0.567. The summed E-state index contributed by atoms with van der Waals surface area (Å²) in [6, 6.07) is 15.9. The van der Waals surface area contributed by atoms with E-state index in [1.807, 2.05) is 36.4 Å². The third kappa shape index (κ3) is 4.29. The zero-order chi connectivity index (χ0) is 16.2. The Balaban J connectivity index is 0.00000208. The van der Waals surface area contributed by atoms with Crippen LogP contribution in [0, 0.1) is 0 Å². The molecule has 0 radical (unpaired) electrons. The largest absolute Gasteiger partial charge is 0.488 e. The SMILES string of the molecule is COC(=O)[C@@H]1C[C@H](Oc2ccc(-c3ccccc3)cc2Br)CN1.Cl. The summed E-state index contributed by atoms with van der Waals surface area (Å²) >= 11 is 3.57. The van der Waals surface area contributed by atoms with E-state index >= 15 is 0 Å². The number of rotatable bonds is 4. The van der Waals surface area contributed by atoms with Crippen LogP contribution in [0.3, 0.4) is 0 Å². The van der Waals surface area contributed by atoms with Gasteiger partial charge in [-0.3, -0.25) is 4.79 Å². The highest BCUT2D eigenvalue weighted by Gasteiger charge is 2.31. The molecule has 2 aromatic rings. The van der Waals surface area contributed by atoms with E-state index in [0.29, 0.717) is 13.0 Å². The van der Waals surface area contributed by atoms with Crippen molar-refractivity contribution < 1.29 is 14.3 Å². The molecule has 1 saturated heterocycles. The Labute approximate surface area is 156 Å². The molecule has 1 aliphatic heterocycles. The number of halogens is 2. The standard InChI is InChI=1S/C18H18BrNO3.ClH/c1-22-18(21)16-10-14(11-20-16)23-17-8-7-13(9-15(17)19)12-5-3-2-4-6-12;/h2-9,14,16,20H,10-11H2,1H3;1H/t14-,16-;/m0./s1. The van der Waals surface area contributed by atoms with Gasteiger partial charge >= 0.3 is 5.97 Å². The molecular formula is C18H19BrClNO3. The average Bonchev–Trinajstić information content (AvgIpc) is 3.05. The van der Waals surface area contributed by atoms with Crippen LogP contribution in [0.1, 0.15) is 6.42 Å². The molecule has 1 aliphatic rings. The van der Waals surface area contributed by atoms with Crippen LogP contribution in [-0.2, 0) is 9.53 Å². The fraction of sp³-hybridized carbons (Fsp3) is 0.278. The van der Waals surface area contributed by atoms with E-state index in [0.717, 1.165) is 21.3 Å². The van der Waals surface area contributed by atoms with Gasteiger partial charge in [0.25, 0.3) is 0 Å². The van der Waals surface area contributed by atoms with E-state index in [1.165, 1.54) is 7.11 Å². The van der Waals surface area contributed by atoms with Crippen LogP contribution in [0.2, 0.25) is 0 Å². The highest BCUT2D eigenvalue weighted by molar-refractivity contribution is 9.10. The molecule has 4 nitrogen and oxygen atoms in total. The lowest BCUT2D eigenvalue weighted by molar-refractivity contribution is -0.142. The monoisotopic (exact) mass is 411 g/mol. The Bertz CT molecular complexity index is 696. The Hall–Kier alpha value is -1.56. The summed E-state index contributed by atoms with van der Waals surface area (Å²) < 4.78 is 11.7. The van der Waals surface area contributed by atoms with Crippen LogP contribution < -0.4 is 10.1 Å². The molecule has 0 aliphatic carbocycles. The predicted octanol–water partition coefficient (Wildman–Crippen LogP) is 3.82. The molecule has 6 heteroatoms. The van der Waals surface area contributed by atoms with Gasteiger partial charge in [-0.25, -0.2) is 0 Å². The maximum atomic E-state index is 11.5. The molecule has 2 aromatic carbocycles. The van der Waals surface area contributed by atoms with Gasteiger partial charge < -0.3 is 14.8 Å². The summed E-state index contributed by atoms with van der Waals surface area (Å²) in [5, 5.41) is 3.12. The normalized spacial score (nSPS) is 19.4. The molecule has 1 heterocycles. The van der Waals surface area contributed by atoms with Crippen molar-refractivity contribution in [2.75, 3.05) is 13.7 Å². The topological polar surface area (TPSA) is 47.6 Å². The maximum absolute atomic E-state index is 11.5. The first-order valence-electron chi connectivity index (χ1n) is 7.50. The zero-order valence-electron chi connectivity index (χ0n) is 13.2. The summed E-state index contributed by atoms with van der Waals surface area (Å²) in [5.41, 5.74) is 2.29. The summed E-state index contributed by atoms with van der Waals surface area (Å²) in [6.45, 7) is 0.632.